The van der Waals surface area contributed by atoms with Gasteiger partial charge in [-0.2, -0.15) is 15.0 Å². The van der Waals surface area contributed by atoms with Gasteiger partial charge in [-0.1, -0.05) is 39.0 Å². The number of anilines is 4. The summed E-state index contributed by atoms with van der Waals surface area (Å²) < 4.78 is 19.2. The number of aromatic nitrogens is 3. The molecule has 2 aliphatic rings. The molecule has 0 spiro atoms. The summed E-state index contributed by atoms with van der Waals surface area (Å²) >= 11 is 0. The van der Waals surface area contributed by atoms with Crippen molar-refractivity contribution in [2.45, 2.75) is 76.8 Å². The Labute approximate surface area is 202 Å². The zero-order valence-corrected chi connectivity index (χ0v) is 20.5. The molecule has 0 bridgehead atoms. The quantitative estimate of drug-likeness (QED) is 0.570. The average Bonchev–Trinajstić information content (AvgIpc) is 3.25. The number of benzene rings is 1. The van der Waals surface area contributed by atoms with Gasteiger partial charge in [0.25, 0.3) is 0 Å². The van der Waals surface area contributed by atoms with Crippen molar-refractivity contribution < 1.29 is 9.13 Å². The number of ether oxygens (including phenoxy) is 1. The fraction of sp³-hybridized carbons (Fsp3) is 0.640. The fourth-order valence-corrected chi connectivity index (χ4v) is 5.32. The normalized spacial score (nSPS) is 20.0. The Kier molecular flexibility index (Phi) is 8.37. The fourth-order valence-electron chi connectivity index (χ4n) is 5.32. The number of methoxy groups -OCH3 is 1. The summed E-state index contributed by atoms with van der Waals surface area (Å²) in [5.41, 5.74) is 6.67. The van der Waals surface area contributed by atoms with Gasteiger partial charge >= 0.3 is 0 Å². The largest absolute Gasteiger partial charge is 0.494 e. The van der Waals surface area contributed by atoms with Gasteiger partial charge in [0, 0.05) is 30.4 Å². The Morgan fingerprint density at radius 1 is 1.09 bits per heavy atom. The molecule has 1 aromatic carbocycles. The summed E-state index contributed by atoms with van der Waals surface area (Å²) in [5.74, 6) is 0.830. The molecule has 1 aliphatic carbocycles. The van der Waals surface area contributed by atoms with Gasteiger partial charge < -0.3 is 20.7 Å². The summed E-state index contributed by atoms with van der Waals surface area (Å²) in [7, 11) is 1.44. The van der Waals surface area contributed by atoms with E-state index in [1.54, 1.807) is 12.1 Å². The number of halogens is 1. The molecule has 0 radical (unpaired) electrons. The van der Waals surface area contributed by atoms with E-state index in [4.69, 9.17) is 15.5 Å². The van der Waals surface area contributed by atoms with Crippen LogP contribution in [-0.4, -0.2) is 58.7 Å². The van der Waals surface area contributed by atoms with Crippen LogP contribution in [0, 0.1) is 5.82 Å². The van der Waals surface area contributed by atoms with Crippen molar-refractivity contribution in [2.75, 3.05) is 42.7 Å². The minimum Gasteiger partial charge on any atom is -0.494 e. The lowest BCUT2D eigenvalue weighted by atomic mass is 9.95. The number of nitrogens with zero attached hydrogens (tertiary/aromatic N) is 5. The average molecular weight is 472 g/mol. The number of likely N-dealkylation sites (tertiary alicyclic amines) is 1. The van der Waals surface area contributed by atoms with Crippen LogP contribution in [0.1, 0.15) is 64.7 Å². The lowest BCUT2D eigenvalue weighted by Gasteiger charge is -2.37. The van der Waals surface area contributed by atoms with Gasteiger partial charge in [-0.05, 0) is 50.9 Å². The van der Waals surface area contributed by atoms with Crippen LogP contribution in [0.3, 0.4) is 0 Å². The van der Waals surface area contributed by atoms with Crippen molar-refractivity contribution in [2.24, 2.45) is 0 Å². The van der Waals surface area contributed by atoms with E-state index in [1.165, 1.54) is 58.1 Å². The van der Waals surface area contributed by atoms with Crippen LogP contribution < -0.4 is 20.7 Å². The minimum absolute atomic E-state index is 0.163. The number of nitrogens with two attached hydrogens (primary N) is 1. The first-order valence-electron chi connectivity index (χ1n) is 12.7. The molecule has 34 heavy (non-hydrogen) atoms. The number of hydrogen-bond donors (Lipinski definition) is 2. The molecule has 1 saturated heterocycles. The van der Waals surface area contributed by atoms with E-state index in [9.17, 15) is 4.39 Å². The van der Waals surface area contributed by atoms with Crippen LogP contribution in [0.5, 0.6) is 5.75 Å². The third-order valence-corrected chi connectivity index (χ3v) is 7.13. The molecule has 1 saturated carbocycles. The molecule has 2 fully saturated rings. The number of nitrogens with one attached hydrogen (secondary N) is 1. The van der Waals surface area contributed by atoms with E-state index >= 15 is 0 Å². The number of rotatable bonds is 8. The van der Waals surface area contributed by atoms with Gasteiger partial charge in [0.1, 0.15) is 0 Å². The lowest BCUT2D eigenvalue weighted by molar-refractivity contribution is 0.260. The molecular weight excluding hydrogens is 433 g/mol. The lowest BCUT2D eigenvalue weighted by Crippen LogP contribution is -2.46. The zero-order chi connectivity index (χ0) is 23.9. The smallest absolute Gasteiger partial charge is 0.233 e. The Balaban J connectivity index is 1.61. The SMILES string of the molecule is CCN1CCCC1CN(c1nc(N)nc(Nc2ccc(OC)c(F)c2)n1)C1CCCCCCC1. The second kappa shape index (κ2) is 11.6. The summed E-state index contributed by atoms with van der Waals surface area (Å²) in [4.78, 5) is 18.5. The molecule has 1 unspecified atom stereocenters. The van der Waals surface area contributed by atoms with Crippen LogP contribution in [0.25, 0.3) is 0 Å². The molecule has 2 heterocycles. The van der Waals surface area contributed by atoms with E-state index < -0.39 is 5.82 Å². The second-order valence-electron chi connectivity index (χ2n) is 9.37. The highest BCUT2D eigenvalue weighted by Crippen LogP contribution is 2.29. The topological polar surface area (TPSA) is 92.4 Å². The first kappa shape index (κ1) is 24.4. The standard InChI is InChI=1S/C25H38FN7O/c1-3-32-15-9-12-20(32)17-33(19-10-7-5-4-6-8-11-19)25-30-23(27)29-24(31-25)28-18-13-14-22(34-2)21(26)16-18/h13-14,16,19-20H,3-12,15,17H2,1-2H3,(H3,27,28,29,30,31). The Bertz CT molecular complexity index is 935. The zero-order valence-electron chi connectivity index (χ0n) is 20.5. The molecule has 8 nitrogen and oxygen atoms in total. The van der Waals surface area contributed by atoms with Crippen LogP contribution in [0.15, 0.2) is 18.2 Å². The highest BCUT2D eigenvalue weighted by Gasteiger charge is 2.30. The van der Waals surface area contributed by atoms with Gasteiger partial charge in [0.05, 0.1) is 7.11 Å². The Morgan fingerprint density at radius 3 is 2.56 bits per heavy atom. The third kappa shape index (κ3) is 6.05. The van der Waals surface area contributed by atoms with Crippen molar-refractivity contribution in [1.29, 1.82) is 0 Å². The number of nitrogen functional groups attached to an aromatic ring is 1. The summed E-state index contributed by atoms with van der Waals surface area (Å²) in [6, 6.07) is 5.53. The molecule has 1 aromatic heterocycles. The monoisotopic (exact) mass is 471 g/mol. The highest BCUT2D eigenvalue weighted by atomic mass is 19.1. The van der Waals surface area contributed by atoms with E-state index in [-0.39, 0.29) is 11.7 Å². The van der Waals surface area contributed by atoms with E-state index in [1.807, 2.05) is 0 Å². The summed E-state index contributed by atoms with van der Waals surface area (Å²) in [5, 5.41) is 3.10. The number of hydrogen-bond acceptors (Lipinski definition) is 8. The van der Waals surface area contributed by atoms with E-state index in [0.717, 1.165) is 32.5 Å². The maximum absolute atomic E-state index is 14.2. The third-order valence-electron chi connectivity index (χ3n) is 7.13. The molecular formula is C25H38FN7O. The van der Waals surface area contributed by atoms with Gasteiger partial charge in [-0.3, -0.25) is 4.90 Å². The first-order valence-corrected chi connectivity index (χ1v) is 12.7. The Morgan fingerprint density at radius 2 is 1.85 bits per heavy atom. The van der Waals surface area contributed by atoms with Crippen LogP contribution in [0.2, 0.25) is 0 Å². The molecule has 1 atom stereocenters. The van der Waals surface area contributed by atoms with Gasteiger partial charge in [0.2, 0.25) is 17.8 Å². The summed E-state index contributed by atoms with van der Waals surface area (Å²) in [6.07, 6.45) is 11.0. The van der Waals surface area contributed by atoms with Crippen molar-refractivity contribution in [3.63, 3.8) is 0 Å². The predicted molar refractivity (Wildman–Crippen MR) is 134 cm³/mol. The van der Waals surface area contributed by atoms with Gasteiger partial charge in [0.15, 0.2) is 11.6 Å². The van der Waals surface area contributed by atoms with Crippen LogP contribution in [-0.2, 0) is 0 Å². The molecule has 3 N–H and O–H groups in total. The predicted octanol–water partition coefficient (Wildman–Crippen LogP) is 4.75. The second-order valence-corrected chi connectivity index (χ2v) is 9.37. The molecule has 1 aliphatic heterocycles. The van der Waals surface area contributed by atoms with Crippen molar-refractivity contribution >= 4 is 23.5 Å². The van der Waals surface area contributed by atoms with Crippen LogP contribution in [0.4, 0.5) is 27.9 Å². The van der Waals surface area contributed by atoms with E-state index in [0.29, 0.717) is 29.7 Å². The van der Waals surface area contributed by atoms with Crippen molar-refractivity contribution in [1.82, 2.24) is 19.9 Å². The minimum atomic E-state index is -0.452. The van der Waals surface area contributed by atoms with Gasteiger partial charge in [-0.15, -0.1) is 0 Å². The van der Waals surface area contributed by atoms with Crippen LogP contribution >= 0.6 is 0 Å². The maximum atomic E-state index is 14.2. The molecule has 186 valence electrons. The first-order chi connectivity index (χ1) is 16.6. The molecule has 4 rings (SSSR count). The highest BCUT2D eigenvalue weighted by molar-refractivity contribution is 5.57. The van der Waals surface area contributed by atoms with Crippen molar-refractivity contribution in [3.8, 4) is 5.75 Å². The van der Waals surface area contributed by atoms with E-state index in [2.05, 4.69) is 32.0 Å². The summed E-state index contributed by atoms with van der Waals surface area (Å²) in [6.45, 7) is 5.32. The molecule has 0 amide bonds. The molecule has 9 heteroatoms. The Hall–Kier alpha value is -2.68. The maximum Gasteiger partial charge on any atom is 0.233 e. The van der Waals surface area contributed by atoms with Gasteiger partial charge in [-0.25, -0.2) is 4.39 Å². The van der Waals surface area contributed by atoms with Crippen molar-refractivity contribution in [3.05, 3.63) is 24.0 Å². The number of likely N-dealkylation sites (N-methyl/N-ethyl adjacent to an activating group) is 1. The molecule has 2 aromatic rings.